The Hall–Kier alpha value is -4.72. The summed E-state index contributed by atoms with van der Waals surface area (Å²) in [6.07, 6.45) is 1.83. The van der Waals surface area contributed by atoms with Gasteiger partial charge >= 0.3 is 6.03 Å². The fourth-order valence-electron chi connectivity index (χ4n) is 4.02. The van der Waals surface area contributed by atoms with Gasteiger partial charge in [-0.2, -0.15) is 0 Å². The Morgan fingerprint density at radius 2 is 1.51 bits per heavy atom. The molecule has 1 aliphatic heterocycles. The first-order chi connectivity index (χ1) is 17.0. The van der Waals surface area contributed by atoms with Crippen LogP contribution in [0.2, 0.25) is 0 Å². The number of carbonyl (C=O) groups is 2. The number of halogens is 1. The Balaban J connectivity index is 1.52. The lowest BCUT2D eigenvalue weighted by Gasteiger charge is -2.11. The summed E-state index contributed by atoms with van der Waals surface area (Å²) in [5.74, 6) is -1.04. The molecule has 1 aromatic heterocycles. The molecular formula is C27H21FN4O3. The number of H-pyrrole nitrogens is 1. The van der Waals surface area contributed by atoms with Crippen LogP contribution >= 0.6 is 0 Å². The van der Waals surface area contributed by atoms with E-state index in [1.807, 2.05) is 48.5 Å². The van der Waals surface area contributed by atoms with E-state index < -0.39 is 17.8 Å². The zero-order valence-corrected chi connectivity index (χ0v) is 18.6. The van der Waals surface area contributed by atoms with Crippen LogP contribution < -0.4 is 10.9 Å². The maximum absolute atomic E-state index is 13.6. The third-order valence-electron chi connectivity index (χ3n) is 5.72. The summed E-state index contributed by atoms with van der Waals surface area (Å²) in [5.41, 5.74) is 2.61. The molecule has 2 N–H and O–H groups in total. The fourth-order valence-corrected chi connectivity index (χ4v) is 4.02. The molecule has 0 unspecified atom stereocenters. The van der Waals surface area contributed by atoms with Gasteiger partial charge in [-0.25, -0.2) is 13.9 Å². The number of rotatable bonds is 6. The van der Waals surface area contributed by atoms with Crippen molar-refractivity contribution >= 4 is 18.0 Å². The number of amides is 3. The Bertz CT molecular complexity index is 1490. The average Bonchev–Trinajstić information content (AvgIpc) is 3.31. The summed E-state index contributed by atoms with van der Waals surface area (Å²) < 4.78 is 15.0. The van der Waals surface area contributed by atoms with Gasteiger partial charge in [0.25, 0.3) is 11.5 Å². The molecule has 5 rings (SSSR count). The van der Waals surface area contributed by atoms with E-state index >= 15 is 0 Å². The van der Waals surface area contributed by atoms with Gasteiger partial charge in [0.1, 0.15) is 11.5 Å². The third kappa shape index (κ3) is 4.54. The van der Waals surface area contributed by atoms with Crippen molar-refractivity contribution in [3.63, 3.8) is 0 Å². The van der Waals surface area contributed by atoms with E-state index in [0.29, 0.717) is 23.4 Å². The molecule has 4 aromatic rings. The lowest BCUT2D eigenvalue weighted by molar-refractivity contribution is -0.123. The summed E-state index contributed by atoms with van der Waals surface area (Å²) in [7, 11) is 0. The van der Waals surface area contributed by atoms with Crippen molar-refractivity contribution in [3.8, 4) is 5.69 Å². The number of carbonyl (C=O) groups excluding carboxylic acids is 2. The van der Waals surface area contributed by atoms with Gasteiger partial charge < -0.3 is 5.32 Å². The van der Waals surface area contributed by atoms with Gasteiger partial charge in [-0.05, 0) is 41.5 Å². The maximum atomic E-state index is 13.6. The SMILES string of the molecule is O=C1NC(=Cc2c(Cc3ccccc3)[nH]n(-c3ccccc3)c2=O)C(=O)N1Cc1cccc(F)c1. The second-order valence-corrected chi connectivity index (χ2v) is 8.15. The predicted molar refractivity (Wildman–Crippen MR) is 129 cm³/mol. The molecular weight excluding hydrogens is 447 g/mol. The average molecular weight is 468 g/mol. The Morgan fingerprint density at radius 3 is 2.23 bits per heavy atom. The van der Waals surface area contributed by atoms with Crippen molar-refractivity contribution in [1.82, 2.24) is 20.0 Å². The molecule has 1 fully saturated rings. The number of benzene rings is 3. The minimum absolute atomic E-state index is 0.0166. The summed E-state index contributed by atoms with van der Waals surface area (Å²) >= 11 is 0. The standard InChI is InChI=1S/C27H21FN4O3/c28-20-11-7-10-19(14-20)17-31-26(34)24(29-27(31)35)16-22-23(15-18-8-3-1-4-9-18)30-32(25(22)33)21-12-5-2-6-13-21/h1-14,16,30H,15,17H2,(H,29,35). The molecule has 174 valence electrons. The summed E-state index contributed by atoms with van der Waals surface area (Å²) in [5, 5.41) is 5.70. The molecule has 3 amide bonds. The summed E-state index contributed by atoms with van der Waals surface area (Å²) in [6.45, 7) is -0.0853. The van der Waals surface area contributed by atoms with Crippen LogP contribution in [0.15, 0.2) is 95.4 Å². The molecule has 0 radical (unpaired) electrons. The Labute approximate surface area is 200 Å². The fraction of sp³-hybridized carbons (Fsp3) is 0.0741. The predicted octanol–water partition coefficient (Wildman–Crippen LogP) is 3.99. The lowest BCUT2D eigenvalue weighted by Crippen LogP contribution is -2.30. The van der Waals surface area contributed by atoms with Gasteiger partial charge in [-0.1, -0.05) is 60.7 Å². The number of hydrogen-bond acceptors (Lipinski definition) is 3. The van der Waals surface area contributed by atoms with E-state index in [4.69, 9.17) is 0 Å². The molecule has 35 heavy (non-hydrogen) atoms. The van der Waals surface area contributed by atoms with E-state index in [-0.39, 0.29) is 23.4 Å². The number of hydrogen-bond donors (Lipinski definition) is 2. The molecule has 8 heteroatoms. The molecule has 7 nitrogen and oxygen atoms in total. The first kappa shape index (κ1) is 22.1. The highest BCUT2D eigenvalue weighted by atomic mass is 19.1. The zero-order valence-electron chi connectivity index (χ0n) is 18.6. The van der Waals surface area contributed by atoms with Gasteiger partial charge in [0, 0.05) is 12.1 Å². The molecule has 0 bridgehead atoms. The third-order valence-corrected chi connectivity index (χ3v) is 5.72. The highest BCUT2D eigenvalue weighted by Gasteiger charge is 2.34. The van der Waals surface area contributed by atoms with Crippen molar-refractivity contribution < 1.29 is 14.0 Å². The van der Waals surface area contributed by atoms with E-state index in [9.17, 15) is 18.8 Å². The maximum Gasteiger partial charge on any atom is 0.329 e. The number of nitrogens with one attached hydrogen (secondary N) is 2. The highest BCUT2D eigenvalue weighted by Crippen LogP contribution is 2.20. The van der Waals surface area contributed by atoms with Gasteiger partial charge in [0.2, 0.25) is 0 Å². The smallest absolute Gasteiger partial charge is 0.303 e. The normalized spacial score (nSPS) is 14.5. The number of nitrogens with zero attached hydrogens (tertiary/aromatic N) is 2. The van der Waals surface area contributed by atoms with Crippen LogP contribution in [0.25, 0.3) is 11.8 Å². The van der Waals surface area contributed by atoms with Gasteiger partial charge in [0.15, 0.2) is 0 Å². The van der Waals surface area contributed by atoms with Gasteiger partial charge in [-0.15, -0.1) is 0 Å². The van der Waals surface area contributed by atoms with Crippen LogP contribution in [0, 0.1) is 5.82 Å². The Kier molecular flexibility index (Phi) is 5.85. The number of imide groups is 1. The minimum atomic E-state index is -0.631. The van der Waals surface area contributed by atoms with Gasteiger partial charge in [0.05, 0.1) is 17.8 Å². The topological polar surface area (TPSA) is 87.2 Å². The molecule has 3 aromatic carbocycles. The summed E-state index contributed by atoms with van der Waals surface area (Å²) in [6, 6.07) is 23.8. The van der Waals surface area contributed by atoms with Crippen LogP contribution in [0.5, 0.6) is 0 Å². The second-order valence-electron chi connectivity index (χ2n) is 8.15. The molecule has 1 aliphatic rings. The van der Waals surface area contributed by atoms with Crippen LogP contribution in [-0.4, -0.2) is 26.6 Å². The molecule has 1 saturated heterocycles. The number of aromatic nitrogens is 2. The van der Waals surface area contributed by atoms with Crippen molar-refractivity contribution in [2.24, 2.45) is 0 Å². The Morgan fingerprint density at radius 1 is 0.829 bits per heavy atom. The van der Waals surface area contributed by atoms with E-state index in [2.05, 4.69) is 10.4 Å². The zero-order chi connectivity index (χ0) is 24.4. The molecule has 0 atom stereocenters. The van der Waals surface area contributed by atoms with Crippen LogP contribution in [-0.2, 0) is 17.8 Å². The monoisotopic (exact) mass is 468 g/mol. The largest absolute Gasteiger partial charge is 0.329 e. The second kappa shape index (κ2) is 9.26. The minimum Gasteiger partial charge on any atom is -0.303 e. The molecule has 0 saturated carbocycles. The number of aromatic amines is 1. The van der Waals surface area contributed by atoms with Crippen molar-refractivity contribution in [3.05, 3.63) is 129 Å². The summed E-state index contributed by atoms with van der Waals surface area (Å²) in [4.78, 5) is 39.9. The van der Waals surface area contributed by atoms with Crippen LogP contribution in [0.3, 0.4) is 0 Å². The molecule has 0 spiro atoms. The highest BCUT2D eigenvalue weighted by molar-refractivity contribution is 6.13. The number of para-hydroxylation sites is 1. The van der Waals surface area contributed by atoms with Crippen molar-refractivity contribution in [2.45, 2.75) is 13.0 Å². The van der Waals surface area contributed by atoms with E-state index in [1.54, 1.807) is 18.2 Å². The first-order valence-corrected chi connectivity index (χ1v) is 11.0. The molecule has 0 aliphatic carbocycles. The lowest BCUT2D eigenvalue weighted by atomic mass is 10.1. The van der Waals surface area contributed by atoms with Crippen molar-refractivity contribution in [2.75, 3.05) is 0 Å². The van der Waals surface area contributed by atoms with E-state index in [1.165, 1.54) is 29.0 Å². The molecule has 2 heterocycles. The van der Waals surface area contributed by atoms with E-state index in [0.717, 1.165) is 10.5 Å². The van der Waals surface area contributed by atoms with Crippen molar-refractivity contribution in [1.29, 1.82) is 0 Å². The number of urea groups is 1. The van der Waals surface area contributed by atoms with Gasteiger partial charge in [-0.3, -0.25) is 19.6 Å². The first-order valence-electron chi connectivity index (χ1n) is 11.0. The van der Waals surface area contributed by atoms with Crippen LogP contribution in [0.1, 0.15) is 22.4 Å². The quantitative estimate of drug-likeness (QED) is 0.331. The van der Waals surface area contributed by atoms with Crippen LogP contribution in [0.4, 0.5) is 9.18 Å².